The van der Waals surface area contributed by atoms with Gasteiger partial charge in [0.2, 0.25) is 0 Å². The molecule has 68 valence electrons. The van der Waals surface area contributed by atoms with Crippen molar-refractivity contribution in [3.8, 4) is 18.1 Å². The monoisotopic (exact) mass is 176 g/mol. The van der Waals surface area contributed by atoms with Crippen molar-refractivity contribution in [1.82, 2.24) is 4.98 Å². The van der Waals surface area contributed by atoms with Crippen LogP contribution >= 0.6 is 0 Å². The van der Waals surface area contributed by atoms with Gasteiger partial charge in [-0.05, 0) is 19.1 Å². The number of pyridine rings is 1. The van der Waals surface area contributed by atoms with Gasteiger partial charge in [-0.1, -0.05) is 5.92 Å². The van der Waals surface area contributed by atoms with Gasteiger partial charge >= 0.3 is 0 Å². The van der Waals surface area contributed by atoms with E-state index in [0.29, 0.717) is 19.0 Å². The van der Waals surface area contributed by atoms with Gasteiger partial charge in [0.15, 0.2) is 11.6 Å². The van der Waals surface area contributed by atoms with Crippen LogP contribution in [0.4, 0.5) is 5.82 Å². The molecular formula is C10H12N2O. The third-order valence-electron chi connectivity index (χ3n) is 1.43. The zero-order valence-corrected chi connectivity index (χ0v) is 7.58. The molecule has 1 heterocycles. The lowest BCUT2D eigenvalue weighted by atomic mass is 10.4. The second kappa shape index (κ2) is 5.04. The maximum Gasteiger partial charge on any atom is 0.169 e. The Labute approximate surface area is 78.1 Å². The highest BCUT2D eigenvalue weighted by molar-refractivity contribution is 5.50. The van der Waals surface area contributed by atoms with Gasteiger partial charge in [0, 0.05) is 6.20 Å². The minimum absolute atomic E-state index is 0.455. The van der Waals surface area contributed by atoms with Crippen molar-refractivity contribution in [3.63, 3.8) is 0 Å². The first kappa shape index (κ1) is 9.40. The van der Waals surface area contributed by atoms with Crippen molar-refractivity contribution >= 4 is 5.82 Å². The zero-order valence-electron chi connectivity index (χ0n) is 7.58. The highest BCUT2D eigenvalue weighted by Crippen LogP contribution is 2.19. The van der Waals surface area contributed by atoms with E-state index in [-0.39, 0.29) is 0 Å². The molecule has 0 radical (unpaired) electrons. The van der Waals surface area contributed by atoms with Crippen LogP contribution in [0.5, 0.6) is 5.75 Å². The molecule has 3 nitrogen and oxygen atoms in total. The first-order valence-electron chi connectivity index (χ1n) is 4.13. The molecule has 1 N–H and O–H groups in total. The summed E-state index contributed by atoms with van der Waals surface area (Å²) >= 11 is 0. The van der Waals surface area contributed by atoms with E-state index < -0.39 is 0 Å². The van der Waals surface area contributed by atoms with Gasteiger partial charge in [0.1, 0.15) is 0 Å². The summed E-state index contributed by atoms with van der Waals surface area (Å²) in [6.07, 6.45) is 6.82. The van der Waals surface area contributed by atoms with Gasteiger partial charge < -0.3 is 10.1 Å². The van der Waals surface area contributed by atoms with Crippen LogP contribution in [-0.2, 0) is 0 Å². The molecule has 0 aromatic carbocycles. The fourth-order valence-electron chi connectivity index (χ4n) is 0.930. The van der Waals surface area contributed by atoms with Gasteiger partial charge in [0.25, 0.3) is 0 Å². The minimum Gasteiger partial charge on any atom is -0.490 e. The Hall–Kier alpha value is -1.69. The van der Waals surface area contributed by atoms with Crippen LogP contribution < -0.4 is 10.1 Å². The fraction of sp³-hybridized carbons (Fsp3) is 0.300. The normalized spacial score (nSPS) is 8.92. The molecule has 3 heteroatoms. The Morgan fingerprint density at radius 1 is 1.69 bits per heavy atom. The maximum absolute atomic E-state index is 5.34. The average Bonchev–Trinajstić information content (AvgIpc) is 2.17. The van der Waals surface area contributed by atoms with E-state index >= 15 is 0 Å². The van der Waals surface area contributed by atoms with Crippen LogP contribution in [0.25, 0.3) is 0 Å². The molecular weight excluding hydrogens is 164 g/mol. The van der Waals surface area contributed by atoms with Gasteiger partial charge in [-0.25, -0.2) is 4.98 Å². The second-order valence-corrected chi connectivity index (χ2v) is 2.34. The Kier molecular flexibility index (Phi) is 3.65. The molecule has 0 unspecified atom stereocenters. The molecule has 1 rings (SSSR count). The summed E-state index contributed by atoms with van der Waals surface area (Å²) in [6, 6.07) is 3.68. The zero-order chi connectivity index (χ0) is 9.52. The molecule has 13 heavy (non-hydrogen) atoms. The van der Waals surface area contributed by atoms with Crippen LogP contribution in [0.2, 0.25) is 0 Å². The predicted molar refractivity (Wildman–Crippen MR) is 52.7 cm³/mol. The molecule has 0 aliphatic rings. The van der Waals surface area contributed by atoms with Crippen LogP contribution in [-0.4, -0.2) is 18.1 Å². The molecule has 0 fully saturated rings. The van der Waals surface area contributed by atoms with Crippen molar-refractivity contribution in [3.05, 3.63) is 18.3 Å². The summed E-state index contributed by atoms with van der Waals surface area (Å²) in [7, 11) is 0. The lowest BCUT2D eigenvalue weighted by molar-refractivity contribution is 0.340. The van der Waals surface area contributed by atoms with E-state index in [1.165, 1.54) is 0 Å². The topological polar surface area (TPSA) is 34.2 Å². The first-order chi connectivity index (χ1) is 6.38. The van der Waals surface area contributed by atoms with E-state index in [0.717, 1.165) is 5.75 Å². The van der Waals surface area contributed by atoms with Gasteiger partial charge in [-0.2, -0.15) is 0 Å². The standard InChI is InChI=1S/C10H12N2O/c1-3-7-11-10-9(13-4-2)6-5-8-12-10/h1,5-6,8H,4,7H2,2H3,(H,11,12). The molecule has 0 aliphatic carbocycles. The molecule has 0 saturated carbocycles. The number of aromatic nitrogens is 1. The maximum atomic E-state index is 5.34. The predicted octanol–water partition coefficient (Wildman–Crippen LogP) is 1.53. The van der Waals surface area contributed by atoms with Crippen LogP contribution in [0.3, 0.4) is 0 Å². The molecule has 0 aliphatic heterocycles. The summed E-state index contributed by atoms with van der Waals surface area (Å²) in [4.78, 5) is 4.10. The Morgan fingerprint density at radius 3 is 3.23 bits per heavy atom. The largest absolute Gasteiger partial charge is 0.490 e. The number of hydrogen-bond acceptors (Lipinski definition) is 3. The van der Waals surface area contributed by atoms with E-state index in [2.05, 4.69) is 16.2 Å². The summed E-state index contributed by atoms with van der Waals surface area (Å²) in [5.74, 6) is 3.91. The molecule has 1 aromatic rings. The molecule has 1 aromatic heterocycles. The summed E-state index contributed by atoms with van der Waals surface area (Å²) < 4.78 is 5.34. The lowest BCUT2D eigenvalue weighted by Crippen LogP contribution is -2.03. The van der Waals surface area contributed by atoms with E-state index in [1.807, 2.05) is 19.1 Å². The van der Waals surface area contributed by atoms with Gasteiger partial charge in [-0.3, -0.25) is 0 Å². The molecule has 0 bridgehead atoms. The Bertz CT molecular complexity index is 304. The third-order valence-corrected chi connectivity index (χ3v) is 1.43. The number of nitrogens with one attached hydrogen (secondary N) is 1. The van der Waals surface area contributed by atoms with Crippen molar-refractivity contribution < 1.29 is 4.74 Å². The number of hydrogen-bond donors (Lipinski definition) is 1. The second-order valence-electron chi connectivity index (χ2n) is 2.34. The first-order valence-corrected chi connectivity index (χ1v) is 4.13. The van der Waals surface area contributed by atoms with Crippen LogP contribution in [0.1, 0.15) is 6.92 Å². The van der Waals surface area contributed by atoms with E-state index in [1.54, 1.807) is 6.20 Å². The van der Waals surface area contributed by atoms with E-state index in [4.69, 9.17) is 11.2 Å². The van der Waals surface area contributed by atoms with Gasteiger partial charge in [-0.15, -0.1) is 6.42 Å². The number of ether oxygens (including phenoxy) is 1. The lowest BCUT2D eigenvalue weighted by Gasteiger charge is -2.08. The number of anilines is 1. The number of rotatable bonds is 4. The SMILES string of the molecule is C#CCNc1ncccc1OCC. The van der Waals surface area contributed by atoms with Crippen LogP contribution in [0, 0.1) is 12.3 Å². The fourth-order valence-corrected chi connectivity index (χ4v) is 0.930. The minimum atomic E-state index is 0.455. The quantitative estimate of drug-likeness (QED) is 0.706. The number of terminal acetylenes is 1. The van der Waals surface area contributed by atoms with Crippen molar-refractivity contribution in [1.29, 1.82) is 0 Å². The smallest absolute Gasteiger partial charge is 0.169 e. The Balaban J connectivity index is 2.73. The summed E-state index contributed by atoms with van der Waals surface area (Å²) in [5, 5.41) is 2.98. The highest BCUT2D eigenvalue weighted by Gasteiger charge is 2.00. The van der Waals surface area contributed by atoms with Gasteiger partial charge in [0.05, 0.1) is 13.2 Å². The summed E-state index contributed by atoms with van der Waals surface area (Å²) in [5.41, 5.74) is 0. The van der Waals surface area contributed by atoms with Crippen LogP contribution in [0.15, 0.2) is 18.3 Å². The Morgan fingerprint density at radius 2 is 2.54 bits per heavy atom. The molecule has 0 spiro atoms. The average molecular weight is 176 g/mol. The van der Waals surface area contributed by atoms with E-state index in [9.17, 15) is 0 Å². The van der Waals surface area contributed by atoms with Crippen molar-refractivity contribution in [2.75, 3.05) is 18.5 Å². The van der Waals surface area contributed by atoms with Crippen molar-refractivity contribution in [2.45, 2.75) is 6.92 Å². The summed E-state index contributed by atoms with van der Waals surface area (Å²) in [6.45, 7) is 3.01. The van der Waals surface area contributed by atoms with Crippen molar-refractivity contribution in [2.24, 2.45) is 0 Å². The highest BCUT2D eigenvalue weighted by atomic mass is 16.5. The molecule has 0 amide bonds. The molecule has 0 saturated heterocycles. The number of nitrogens with zero attached hydrogens (tertiary/aromatic N) is 1. The third kappa shape index (κ3) is 2.68. The molecule has 0 atom stereocenters.